The van der Waals surface area contributed by atoms with Crippen molar-refractivity contribution in [3.8, 4) is 5.75 Å². The molecule has 0 spiro atoms. The Balaban J connectivity index is 1.69. The summed E-state index contributed by atoms with van der Waals surface area (Å²) in [6, 6.07) is 7.97. The average Bonchev–Trinajstić information content (AvgIpc) is 2.42. The maximum Gasteiger partial charge on any atom is 0.119 e. The van der Waals surface area contributed by atoms with Crippen molar-refractivity contribution in [2.24, 2.45) is 0 Å². The van der Waals surface area contributed by atoms with Crippen LogP contribution in [0.4, 0.5) is 0 Å². The van der Waals surface area contributed by atoms with Crippen molar-refractivity contribution in [2.45, 2.75) is 6.42 Å². The van der Waals surface area contributed by atoms with Gasteiger partial charge in [0.15, 0.2) is 0 Å². The van der Waals surface area contributed by atoms with E-state index in [2.05, 4.69) is 10.2 Å². The third-order valence-electron chi connectivity index (χ3n) is 3.21. The fourth-order valence-corrected chi connectivity index (χ4v) is 2.11. The molecule has 4 nitrogen and oxygen atoms in total. The van der Waals surface area contributed by atoms with Gasteiger partial charge < -0.3 is 15.2 Å². The minimum Gasteiger partial charge on any atom is -0.492 e. The van der Waals surface area contributed by atoms with Crippen molar-refractivity contribution >= 4 is 0 Å². The van der Waals surface area contributed by atoms with Crippen molar-refractivity contribution in [2.75, 3.05) is 45.9 Å². The monoisotopic (exact) mass is 250 g/mol. The van der Waals surface area contributed by atoms with Crippen molar-refractivity contribution in [3.05, 3.63) is 29.8 Å². The van der Waals surface area contributed by atoms with Crippen molar-refractivity contribution < 1.29 is 9.84 Å². The maximum absolute atomic E-state index is 8.83. The van der Waals surface area contributed by atoms with E-state index in [-0.39, 0.29) is 6.61 Å². The van der Waals surface area contributed by atoms with Crippen LogP contribution in [0.25, 0.3) is 0 Å². The van der Waals surface area contributed by atoms with E-state index in [1.54, 1.807) is 0 Å². The van der Waals surface area contributed by atoms with E-state index in [1.807, 2.05) is 24.3 Å². The second kappa shape index (κ2) is 7.36. The van der Waals surface area contributed by atoms with E-state index in [0.717, 1.165) is 50.6 Å². The van der Waals surface area contributed by atoms with Crippen LogP contribution in [0.5, 0.6) is 5.75 Å². The molecule has 1 heterocycles. The van der Waals surface area contributed by atoms with Crippen LogP contribution in [0.3, 0.4) is 0 Å². The summed E-state index contributed by atoms with van der Waals surface area (Å²) in [6.07, 6.45) is 0.709. The first kappa shape index (κ1) is 13.3. The number of hydrogen-bond donors (Lipinski definition) is 2. The standard InChI is InChI=1S/C14H22N2O2/c17-11-5-13-1-3-14(4-2-13)18-12-10-16-8-6-15-7-9-16/h1-4,15,17H,5-12H2. The molecule has 0 bridgehead atoms. The van der Waals surface area contributed by atoms with Gasteiger partial charge in [-0.05, 0) is 24.1 Å². The predicted octanol–water partition coefficient (Wildman–Crippen LogP) is 0.505. The molecule has 1 aliphatic heterocycles. The second-order valence-corrected chi connectivity index (χ2v) is 4.56. The molecule has 0 atom stereocenters. The second-order valence-electron chi connectivity index (χ2n) is 4.56. The largest absolute Gasteiger partial charge is 0.492 e. The lowest BCUT2D eigenvalue weighted by Gasteiger charge is -2.26. The summed E-state index contributed by atoms with van der Waals surface area (Å²) in [5.74, 6) is 0.909. The highest BCUT2D eigenvalue weighted by Gasteiger charge is 2.08. The van der Waals surface area contributed by atoms with E-state index < -0.39 is 0 Å². The van der Waals surface area contributed by atoms with Crippen LogP contribution in [-0.4, -0.2) is 55.9 Å². The van der Waals surface area contributed by atoms with Gasteiger partial charge >= 0.3 is 0 Å². The molecule has 1 saturated heterocycles. The zero-order chi connectivity index (χ0) is 12.6. The first-order chi connectivity index (χ1) is 8.88. The predicted molar refractivity (Wildman–Crippen MR) is 72.0 cm³/mol. The molecule has 0 unspecified atom stereocenters. The van der Waals surface area contributed by atoms with Crippen molar-refractivity contribution in [1.82, 2.24) is 10.2 Å². The van der Waals surface area contributed by atoms with Crippen LogP contribution in [0.15, 0.2) is 24.3 Å². The fourth-order valence-electron chi connectivity index (χ4n) is 2.11. The first-order valence-electron chi connectivity index (χ1n) is 6.64. The molecule has 100 valence electrons. The Labute approximate surface area is 109 Å². The minimum absolute atomic E-state index is 0.198. The number of nitrogens with one attached hydrogen (secondary N) is 1. The van der Waals surface area contributed by atoms with Gasteiger partial charge in [-0.1, -0.05) is 12.1 Å². The molecule has 1 aromatic rings. The molecular weight excluding hydrogens is 228 g/mol. The highest BCUT2D eigenvalue weighted by Crippen LogP contribution is 2.12. The molecule has 4 heteroatoms. The Morgan fingerprint density at radius 1 is 1.17 bits per heavy atom. The Bertz CT molecular complexity index is 334. The van der Waals surface area contributed by atoms with E-state index >= 15 is 0 Å². The highest BCUT2D eigenvalue weighted by molar-refractivity contribution is 5.27. The average molecular weight is 250 g/mol. The van der Waals surface area contributed by atoms with Gasteiger partial charge in [0.2, 0.25) is 0 Å². The summed E-state index contributed by atoms with van der Waals surface area (Å²) in [5, 5.41) is 12.2. The summed E-state index contributed by atoms with van der Waals surface area (Å²) in [4.78, 5) is 2.41. The molecule has 1 fully saturated rings. The number of ether oxygens (including phenoxy) is 1. The molecule has 0 amide bonds. The number of aliphatic hydroxyl groups excluding tert-OH is 1. The topological polar surface area (TPSA) is 44.7 Å². The molecule has 0 aliphatic carbocycles. The van der Waals surface area contributed by atoms with Gasteiger partial charge in [-0.2, -0.15) is 0 Å². The van der Waals surface area contributed by atoms with Gasteiger partial charge in [0.05, 0.1) is 0 Å². The van der Waals surface area contributed by atoms with Gasteiger partial charge in [0, 0.05) is 39.3 Å². The van der Waals surface area contributed by atoms with Crippen LogP contribution in [-0.2, 0) is 6.42 Å². The van der Waals surface area contributed by atoms with Gasteiger partial charge in [-0.15, -0.1) is 0 Å². The Hall–Kier alpha value is -1.10. The number of benzene rings is 1. The lowest BCUT2D eigenvalue weighted by Crippen LogP contribution is -2.44. The Kier molecular flexibility index (Phi) is 5.45. The zero-order valence-electron chi connectivity index (χ0n) is 10.8. The van der Waals surface area contributed by atoms with E-state index in [9.17, 15) is 0 Å². The normalized spacial score (nSPS) is 16.7. The summed E-state index contributed by atoms with van der Waals surface area (Å²) >= 11 is 0. The summed E-state index contributed by atoms with van der Waals surface area (Å²) < 4.78 is 5.72. The van der Waals surface area contributed by atoms with Gasteiger partial charge in [-0.3, -0.25) is 4.90 Å². The molecule has 0 saturated carbocycles. The molecule has 18 heavy (non-hydrogen) atoms. The Morgan fingerprint density at radius 3 is 2.56 bits per heavy atom. The number of piperazine rings is 1. The first-order valence-corrected chi connectivity index (χ1v) is 6.64. The van der Waals surface area contributed by atoms with E-state index in [0.29, 0.717) is 6.42 Å². The van der Waals surface area contributed by atoms with Crippen LogP contribution in [0.2, 0.25) is 0 Å². The smallest absolute Gasteiger partial charge is 0.119 e. The van der Waals surface area contributed by atoms with Crippen LogP contribution >= 0.6 is 0 Å². The van der Waals surface area contributed by atoms with Gasteiger partial charge in [-0.25, -0.2) is 0 Å². The van der Waals surface area contributed by atoms with E-state index in [1.165, 1.54) is 0 Å². The van der Waals surface area contributed by atoms with Crippen molar-refractivity contribution in [1.29, 1.82) is 0 Å². The lowest BCUT2D eigenvalue weighted by molar-refractivity contribution is 0.191. The molecule has 1 aliphatic rings. The lowest BCUT2D eigenvalue weighted by atomic mass is 10.1. The molecule has 0 radical (unpaired) electrons. The SMILES string of the molecule is OCCc1ccc(OCCN2CCNCC2)cc1. The summed E-state index contributed by atoms with van der Waals surface area (Å²) in [5.41, 5.74) is 1.15. The third kappa shape index (κ3) is 4.29. The van der Waals surface area contributed by atoms with Crippen molar-refractivity contribution in [3.63, 3.8) is 0 Å². The van der Waals surface area contributed by atoms with Crippen LogP contribution < -0.4 is 10.1 Å². The van der Waals surface area contributed by atoms with Crippen LogP contribution in [0.1, 0.15) is 5.56 Å². The molecule has 2 N–H and O–H groups in total. The zero-order valence-corrected chi connectivity index (χ0v) is 10.8. The maximum atomic E-state index is 8.83. The van der Waals surface area contributed by atoms with Crippen LogP contribution in [0, 0.1) is 0 Å². The highest BCUT2D eigenvalue weighted by atomic mass is 16.5. The van der Waals surface area contributed by atoms with E-state index in [4.69, 9.17) is 9.84 Å². The van der Waals surface area contributed by atoms with Gasteiger partial charge in [0.25, 0.3) is 0 Å². The number of nitrogens with zero attached hydrogens (tertiary/aromatic N) is 1. The fraction of sp³-hybridized carbons (Fsp3) is 0.571. The summed E-state index contributed by atoms with van der Waals surface area (Å²) in [6.45, 7) is 6.30. The summed E-state index contributed by atoms with van der Waals surface area (Å²) in [7, 11) is 0. The minimum atomic E-state index is 0.198. The number of hydrogen-bond acceptors (Lipinski definition) is 4. The third-order valence-corrected chi connectivity index (χ3v) is 3.21. The molecule has 2 rings (SSSR count). The Morgan fingerprint density at radius 2 is 1.89 bits per heavy atom. The molecule has 1 aromatic carbocycles. The van der Waals surface area contributed by atoms with Gasteiger partial charge in [0.1, 0.15) is 12.4 Å². The number of rotatable bonds is 6. The molecule has 0 aromatic heterocycles. The number of aliphatic hydroxyl groups is 1. The molecular formula is C14H22N2O2. The quantitative estimate of drug-likeness (QED) is 0.772.